The standard InChI is InChI=1S/C27H26P2.2C7H13.Pt/c1-5-14-24(15-6-1)28(25-16-7-2-8-17-25)22-13-23-29(26-18-9-3-10-19-26)27-20-11-4-12-21-27;2*1-3-5-7-6-4-2;/h1-12,14-21H,13,22-23H2;2*3H,1-2,4-7H2;/q;2*-1;+2. The van der Waals surface area contributed by atoms with Crippen molar-refractivity contribution in [2.45, 2.75) is 57.8 Å². The normalized spacial score (nSPS) is 10.1. The van der Waals surface area contributed by atoms with Crippen molar-refractivity contribution in [1.29, 1.82) is 0 Å². The van der Waals surface area contributed by atoms with Crippen LogP contribution >= 0.6 is 15.8 Å². The molecule has 0 heterocycles. The molecule has 0 aliphatic rings. The number of benzene rings is 4. The number of hydrogen-bond donors (Lipinski definition) is 0. The van der Waals surface area contributed by atoms with Crippen molar-refractivity contribution in [1.82, 2.24) is 0 Å². The first-order chi connectivity index (χ1) is 21.2. The molecule has 4 aromatic carbocycles. The van der Waals surface area contributed by atoms with Crippen molar-refractivity contribution in [2.75, 3.05) is 12.3 Å². The number of unbranched alkanes of at least 4 members (excludes halogenated alkanes) is 6. The van der Waals surface area contributed by atoms with Crippen LogP contribution in [0.3, 0.4) is 0 Å². The second-order valence-electron chi connectivity index (χ2n) is 10.3. The predicted molar refractivity (Wildman–Crippen MR) is 201 cm³/mol. The van der Waals surface area contributed by atoms with Crippen LogP contribution in [-0.2, 0) is 21.1 Å². The van der Waals surface area contributed by atoms with Gasteiger partial charge in [-0.25, -0.2) is 0 Å². The smallest absolute Gasteiger partial charge is 0.343 e. The Kier molecular flexibility index (Phi) is 24.7. The van der Waals surface area contributed by atoms with Crippen LogP contribution in [0.25, 0.3) is 0 Å². The number of rotatable bonds is 16. The zero-order chi connectivity index (χ0) is 30.8. The molecular weight excluding hydrogens is 749 g/mol. The Morgan fingerprint density at radius 2 is 0.705 bits per heavy atom. The summed E-state index contributed by atoms with van der Waals surface area (Å²) < 4.78 is 0. The van der Waals surface area contributed by atoms with Gasteiger partial charge in [-0.15, -0.1) is 13.2 Å². The third-order valence-corrected chi connectivity index (χ3v) is 12.1. The molecule has 0 saturated heterocycles. The van der Waals surface area contributed by atoms with Crippen molar-refractivity contribution >= 4 is 37.1 Å². The van der Waals surface area contributed by atoms with E-state index in [0.717, 1.165) is 25.7 Å². The molecule has 0 saturated carbocycles. The van der Waals surface area contributed by atoms with E-state index < -0.39 is 0 Å². The molecule has 0 aliphatic heterocycles. The molecule has 4 aromatic rings. The Bertz CT molecular complexity index is 1020. The summed E-state index contributed by atoms with van der Waals surface area (Å²) in [6.45, 7) is 14.7. The molecule has 44 heavy (non-hydrogen) atoms. The van der Waals surface area contributed by atoms with Crippen LogP contribution in [0.4, 0.5) is 0 Å². The Hall–Kier alpha value is -2.09. The van der Waals surface area contributed by atoms with Gasteiger partial charge in [0, 0.05) is 0 Å². The van der Waals surface area contributed by atoms with Crippen molar-refractivity contribution < 1.29 is 21.1 Å². The molecular formula is C41H52P2Pt. The number of hydrogen-bond acceptors (Lipinski definition) is 0. The maximum absolute atomic E-state index is 3.72. The second-order valence-corrected chi connectivity index (χ2v) is 14.9. The summed E-state index contributed by atoms with van der Waals surface area (Å²) >= 11 is 0. The summed E-state index contributed by atoms with van der Waals surface area (Å²) in [5, 5.41) is 5.94. The van der Waals surface area contributed by atoms with Crippen molar-refractivity contribution in [3.8, 4) is 0 Å². The molecule has 0 bridgehead atoms. The molecule has 0 amide bonds. The maximum Gasteiger partial charge on any atom is 2.00 e. The van der Waals surface area contributed by atoms with Gasteiger partial charge < -0.3 is 13.8 Å². The van der Waals surface area contributed by atoms with Crippen LogP contribution in [0.1, 0.15) is 57.8 Å². The van der Waals surface area contributed by atoms with Crippen LogP contribution in [0.5, 0.6) is 0 Å². The van der Waals surface area contributed by atoms with Gasteiger partial charge in [0.2, 0.25) is 0 Å². The molecule has 0 unspecified atom stereocenters. The summed E-state index contributed by atoms with van der Waals surface area (Å²) in [6, 6.07) is 44.3. The molecule has 0 fully saturated rings. The second kappa shape index (κ2) is 27.2. The molecule has 4 rings (SSSR count). The molecule has 0 aromatic heterocycles. The first kappa shape index (κ1) is 39.9. The van der Waals surface area contributed by atoms with Gasteiger partial charge in [0.15, 0.2) is 0 Å². The summed E-state index contributed by atoms with van der Waals surface area (Å²) in [5.74, 6) is 0. The molecule has 0 aliphatic carbocycles. The molecule has 0 nitrogen and oxygen atoms in total. The minimum Gasteiger partial charge on any atom is -0.343 e. The van der Waals surface area contributed by atoms with Gasteiger partial charge in [0.05, 0.1) is 0 Å². The summed E-state index contributed by atoms with van der Waals surface area (Å²) in [4.78, 5) is 0. The molecule has 3 heteroatoms. The Morgan fingerprint density at radius 1 is 0.432 bits per heavy atom. The first-order valence-corrected chi connectivity index (χ1v) is 18.9. The van der Waals surface area contributed by atoms with Crippen LogP contribution in [-0.4, -0.2) is 12.3 Å². The Morgan fingerprint density at radius 3 is 0.932 bits per heavy atom. The maximum atomic E-state index is 3.72. The van der Waals surface area contributed by atoms with E-state index in [4.69, 9.17) is 0 Å². The van der Waals surface area contributed by atoms with E-state index in [0.29, 0.717) is 0 Å². The Balaban J connectivity index is 0.000000541. The van der Waals surface area contributed by atoms with Crippen LogP contribution in [0.15, 0.2) is 147 Å². The van der Waals surface area contributed by atoms with Crippen LogP contribution in [0, 0.1) is 13.8 Å². The van der Waals surface area contributed by atoms with Crippen molar-refractivity contribution in [2.24, 2.45) is 0 Å². The van der Waals surface area contributed by atoms with Gasteiger partial charge in [-0.2, -0.15) is 12.8 Å². The molecule has 236 valence electrons. The van der Waals surface area contributed by atoms with E-state index in [1.54, 1.807) is 0 Å². The first-order valence-electron chi connectivity index (χ1n) is 15.8. The van der Waals surface area contributed by atoms with Gasteiger partial charge in [-0.1, -0.05) is 159 Å². The third-order valence-electron chi connectivity index (χ3n) is 6.85. The average molecular weight is 802 g/mol. The predicted octanol–water partition coefficient (Wildman–Crippen LogP) is 10.8. The fourth-order valence-corrected chi connectivity index (χ4v) is 9.52. The monoisotopic (exact) mass is 801 g/mol. The minimum atomic E-state index is -0.309. The summed E-state index contributed by atoms with van der Waals surface area (Å²) in [6.07, 6.45) is 17.0. The van der Waals surface area contributed by atoms with Gasteiger partial charge in [-0.05, 0) is 68.6 Å². The van der Waals surface area contributed by atoms with E-state index in [9.17, 15) is 0 Å². The van der Waals surface area contributed by atoms with E-state index in [-0.39, 0.29) is 36.9 Å². The van der Waals surface area contributed by atoms with E-state index >= 15 is 0 Å². The van der Waals surface area contributed by atoms with Crippen molar-refractivity contribution in [3.05, 3.63) is 160 Å². The fraction of sp³-hybridized carbons (Fsp3) is 0.268. The van der Waals surface area contributed by atoms with Crippen LogP contribution in [0.2, 0.25) is 0 Å². The molecule has 0 N–H and O–H groups in total. The van der Waals surface area contributed by atoms with Gasteiger partial charge in [0.1, 0.15) is 0 Å². The largest absolute Gasteiger partial charge is 2.00 e. The van der Waals surface area contributed by atoms with E-state index in [2.05, 4.69) is 148 Å². The zero-order valence-corrected chi connectivity index (χ0v) is 30.6. The fourth-order valence-electron chi connectivity index (χ4n) is 4.56. The quantitative estimate of drug-likeness (QED) is 0.0458. The molecule has 0 spiro atoms. The minimum absolute atomic E-state index is 0. The summed E-state index contributed by atoms with van der Waals surface area (Å²) in [7, 11) is -0.618. The van der Waals surface area contributed by atoms with Gasteiger partial charge in [0.25, 0.3) is 0 Å². The Labute approximate surface area is 287 Å². The van der Waals surface area contributed by atoms with Gasteiger partial charge in [-0.3, -0.25) is 0 Å². The number of allylic oxidation sites excluding steroid dienone is 2. The summed E-state index contributed by atoms with van der Waals surface area (Å²) in [5.41, 5.74) is 0. The van der Waals surface area contributed by atoms with Gasteiger partial charge >= 0.3 is 21.1 Å². The average Bonchev–Trinajstić information content (AvgIpc) is 3.08. The third kappa shape index (κ3) is 16.8. The SMILES string of the molecule is C=CCCCC[CH2-].C=CCCCC[CH2-].[Pt+2].c1ccc(P(CCCP(c2ccccc2)c2ccccc2)c2ccccc2)cc1. The zero-order valence-electron chi connectivity index (χ0n) is 26.5. The van der Waals surface area contributed by atoms with E-state index in [1.807, 2.05) is 12.2 Å². The topological polar surface area (TPSA) is 0 Å². The van der Waals surface area contributed by atoms with Crippen molar-refractivity contribution in [3.63, 3.8) is 0 Å². The van der Waals surface area contributed by atoms with E-state index in [1.165, 1.54) is 65.6 Å². The molecule has 0 radical (unpaired) electrons. The molecule has 0 atom stereocenters. The van der Waals surface area contributed by atoms with Crippen LogP contribution < -0.4 is 21.2 Å².